The lowest BCUT2D eigenvalue weighted by molar-refractivity contribution is -0.179. The smallest absolute Gasteiger partial charge is 0.399 e. The zero-order chi connectivity index (χ0) is 13.1. The minimum absolute atomic E-state index is 0.118. The van der Waals surface area contributed by atoms with E-state index in [1.807, 2.05) is 0 Å². The van der Waals surface area contributed by atoms with Crippen molar-refractivity contribution in [1.82, 2.24) is 9.55 Å². The molecule has 3 nitrogen and oxygen atoms in total. The Bertz CT molecular complexity index is 623. The molecule has 1 aliphatic carbocycles. The van der Waals surface area contributed by atoms with Crippen LogP contribution in [0, 0.1) is 6.92 Å². The molecule has 2 aromatic rings. The fourth-order valence-corrected chi connectivity index (χ4v) is 2.51. The second-order valence-corrected chi connectivity index (χ2v) is 4.77. The van der Waals surface area contributed by atoms with Gasteiger partial charge in [-0.1, -0.05) is 0 Å². The molecule has 1 aromatic heterocycles. The number of nitrogens with zero attached hydrogens (tertiary/aromatic N) is 2. The lowest BCUT2D eigenvalue weighted by atomic mass is 10.2. The number of rotatable bonds is 1. The topological polar surface area (TPSA) is 43.8 Å². The molecule has 0 amide bonds. The lowest BCUT2D eigenvalue weighted by Crippen LogP contribution is -2.35. The molecule has 0 aliphatic heterocycles. The molecule has 6 heteroatoms. The first-order chi connectivity index (χ1) is 8.35. The summed E-state index contributed by atoms with van der Waals surface area (Å²) in [5, 5.41) is 0. The number of benzene rings is 1. The highest BCUT2D eigenvalue weighted by Crippen LogP contribution is 2.56. The number of nitrogen functional groups attached to an aromatic ring is 1. The van der Waals surface area contributed by atoms with Gasteiger partial charge in [0.25, 0.3) is 0 Å². The predicted molar refractivity (Wildman–Crippen MR) is 62.1 cm³/mol. The zero-order valence-electron chi connectivity index (χ0n) is 9.75. The summed E-state index contributed by atoms with van der Waals surface area (Å²) >= 11 is 0. The average molecular weight is 255 g/mol. The molecule has 2 N–H and O–H groups in total. The number of hydrogen-bond acceptors (Lipinski definition) is 2. The molecule has 0 radical (unpaired) electrons. The Kier molecular flexibility index (Phi) is 2.01. The van der Waals surface area contributed by atoms with Gasteiger partial charge in [-0.3, -0.25) is 0 Å². The van der Waals surface area contributed by atoms with Gasteiger partial charge < -0.3 is 10.3 Å². The molecule has 0 bridgehead atoms. The molecule has 0 spiro atoms. The molecule has 3 rings (SSSR count). The van der Waals surface area contributed by atoms with Crippen molar-refractivity contribution < 1.29 is 13.2 Å². The number of fused-ring (bicyclic) bond motifs is 1. The van der Waals surface area contributed by atoms with Gasteiger partial charge >= 0.3 is 6.18 Å². The van der Waals surface area contributed by atoms with Gasteiger partial charge in [-0.05, 0) is 38.0 Å². The molecule has 0 atom stereocenters. The summed E-state index contributed by atoms with van der Waals surface area (Å²) in [6.07, 6.45) is -4.01. The van der Waals surface area contributed by atoms with Crippen LogP contribution in [0.15, 0.2) is 18.2 Å². The van der Waals surface area contributed by atoms with Crippen molar-refractivity contribution in [2.45, 2.75) is 31.5 Å². The first kappa shape index (κ1) is 11.4. The minimum Gasteiger partial charge on any atom is -0.399 e. The van der Waals surface area contributed by atoms with Crippen LogP contribution in [0.2, 0.25) is 0 Å². The maximum Gasteiger partial charge on any atom is 0.412 e. The Labute approximate surface area is 101 Å². The number of anilines is 1. The van der Waals surface area contributed by atoms with Crippen molar-refractivity contribution in [1.29, 1.82) is 0 Å². The van der Waals surface area contributed by atoms with Gasteiger partial charge in [0.15, 0.2) is 0 Å². The molecular weight excluding hydrogens is 243 g/mol. The third-order valence-electron chi connectivity index (χ3n) is 3.53. The van der Waals surface area contributed by atoms with Crippen LogP contribution in [0.5, 0.6) is 0 Å². The highest BCUT2D eigenvalue weighted by molar-refractivity contribution is 5.80. The number of aryl methyl sites for hydroxylation is 1. The predicted octanol–water partition coefficient (Wildman–Crippen LogP) is 2.98. The standard InChI is InChI=1S/C12H12F3N3/c1-7-17-9-6-8(16)2-3-10(9)18(7)11(4-5-11)12(13,14)15/h2-3,6H,4-5,16H2,1H3. The lowest BCUT2D eigenvalue weighted by Gasteiger charge is -2.23. The number of halogens is 3. The molecule has 1 heterocycles. The van der Waals surface area contributed by atoms with Crippen LogP contribution in [0.3, 0.4) is 0 Å². The number of imidazole rings is 1. The van der Waals surface area contributed by atoms with E-state index in [2.05, 4.69) is 4.98 Å². The Morgan fingerprint density at radius 3 is 2.56 bits per heavy atom. The molecule has 0 unspecified atom stereocenters. The van der Waals surface area contributed by atoms with Crippen LogP contribution in [0.25, 0.3) is 11.0 Å². The van der Waals surface area contributed by atoms with Crippen LogP contribution >= 0.6 is 0 Å². The molecule has 1 fully saturated rings. The first-order valence-electron chi connectivity index (χ1n) is 5.67. The molecule has 1 aliphatic rings. The van der Waals surface area contributed by atoms with Gasteiger partial charge in [-0.25, -0.2) is 4.98 Å². The van der Waals surface area contributed by atoms with E-state index in [9.17, 15) is 13.2 Å². The van der Waals surface area contributed by atoms with Crippen molar-refractivity contribution in [3.63, 3.8) is 0 Å². The van der Waals surface area contributed by atoms with E-state index >= 15 is 0 Å². The highest BCUT2D eigenvalue weighted by Gasteiger charge is 2.65. The summed E-state index contributed by atoms with van der Waals surface area (Å²) < 4.78 is 40.8. The van der Waals surface area contributed by atoms with E-state index in [-0.39, 0.29) is 12.8 Å². The van der Waals surface area contributed by atoms with Gasteiger partial charge in [-0.15, -0.1) is 0 Å². The first-order valence-corrected chi connectivity index (χ1v) is 5.67. The zero-order valence-corrected chi connectivity index (χ0v) is 9.75. The van der Waals surface area contributed by atoms with Crippen molar-refractivity contribution in [2.24, 2.45) is 0 Å². The van der Waals surface area contributed by atoms with E-state index < -0.39 is 11.7 Å². The normalized spacial score (nSPS) is 18.2. The highest BCUT2D eigenvalue weighted by atomic mass is 19.4. The fourth-order valence-electron chi connectivity index (χ4n) is 2.51. The summed E-state index contributed by atoms with van der Waals surface area (Å²) in [5.41, 5.74) is 5.38. The number of hydrogen-bond donors (Lipinski definition) is 1. The van der Waals surface area contributed by atoms with Crippen molar-refractivity contribution in [3.8, 4) is 0 Å². The van der Waals surface area contributed by atoms with Crippen molar-refractivity contribution in [2.75, 3.05) is 5.73 Å². The average Bonchev–Trinajstić information content (AvgIpc) is 2.97. The maximum absolute atomic E-state index is 13.2. The minimum atomic E-state index is -4.24. The van der Waals surface area contributed by atoms with E-state index in [0.717, 1.165) is 0 Å². The molecule has 96 valence electrons. The summed E-state index contributed by atoms with van der Waals surface area (Å²) in [6.45, 7) is 1.60. The Hall–Kier alpha value is -1.72. The molecular formula is C12H12F3N3. The third kappa shape index (κ3) is 1.34. The second-order valence-electron chi connectivity index (χ2n) is 4.77. The molecule has 1 saturated carbocycles. The second kappa shape index (κ2) is 3.18. The maximum atomic E-state index is 13.2. The third-order valence-corrected chi connectivity index (χ3v) is 3.53. The van der Waals surface area contributed by atoms with E-state index in [4.69, 9.17) is 5.73 Å². The summed E-state index contributed by atoms with van der Waals surface area (Å²) in [5.74, 6) is 0.380. The molecule has 0 saturated heterocycles. The van der Waals surface area contributed by atoms with Crippen molar-refractivity contribution >= 4 is 16.7 Å². The number of nitrogens with two attached hydrogens (primary N) is 1. The summed E-state index contributed by atoms with van der Waals surface area (Å²) in [6, 6.07) is 4.81. The Morgan fingerprint density at radius 2 is 2.00 bits per heavy atom. The fraction of sp³-hybridized carbons (Fsp3) is 0.417. The number of aromatic nitrogens is 2. The van der Waals surface area contributed by atoms with Crippen LogP contribution in [0.4, 0.5) is 18.9 Å². The summed E-state index contributed by atoms with van der Waals surface area (Å²) in [7, 11) is 0. The largest absolute Gasteiger partial charge is 0.412 e. The molecule has 18 heavy (non-hydrogen) atoms. The number of alkyl halides is 3. The Balaban J connectivity index is 2.27. The van der Waals surface area contributed by atoms with Gasteiger partial charge in [0.2, 0.25) is 0 Å². The Morgan fingerprint density at radius 1 is 1.33 bits per heavy atom. The van der Waals surface area contributed by atoms with Crippen LogP contribution < -0.4 is 5.73 Å². The van der Waals surface area contributed by atoms with Gasteiger partial charge in [-0.2, -0.15) is 13.2 Å². The van der Waals surface area contributed by atoms with Gasteiger partial charge in [0, 0.05) is 5.69 Å². The van der Waals surface area contributed by atoms with Gasteiger partial charge in [0.1, 0.15) is 11.4 Å². The van der Waals surface area contributed by atoms with E-state index in [1.165, 1.54) is 4.57 Å². The van der Waals surface area contributed by atoms with Crippen LogP contribution in [0.1, 0.15) is 18.7 Å². The monoisotopic (exact) mass is 255 g/mol. The van der Waals surface area contributed by atoms with E-state index in [1.54, 1.807) is 25.1 Å². The van der Waals surface area contributed by atoms with Crippen LogP contribution in [-0.4, -0.2) is 15.7 Å². The van der Waals surface area contributed by atoms with Crippen molar-refractivity contribution in [3.05, 3.63) is 24.0 Å². The quantitative estimate of drug-likeness (QED) is 0.796. The van der Waals surface area contributed by atoms with E-state index in [0.29, 0.717) is 22.5 Å². The SMILES string of the molecule is Cc1nc2cc(N)ccc2n1C1(C(F)(F)F)CC1. The van der Waals surface area contributed by atoms with Crippen LogP contribution in [-0.2, 0) is 5.54 Å². The molecule has 1 aromatic carbocycles. The van der Waals surface area contributed by atoms with Gasteiger partial charge in [0.05, 0.1) is 11.0 Å². The summed E-state index contributed by atoms with van der Waals surface area (Å²) in [4.78, 5) is 4.18.